The quantitative estimate of drug-likeness (QED) is 0.853. The summed E-state index contributed by atoms with van der Waals surface area (Å²) < 4.78 is 5.35. The molecule has 0 spiro atoms. The fraction of sp³-hybridized carbons (Fsp3) is 0.750. The van der Waals surface area contributed by atoms with Gasteiger partial charge in [0, 0.05) is 18.6 Å². The van der Waals surface area contributed by atoms with Gasteiger partial charge in [-0.3, -0.25) is 4.90 Å². The van der Waals surface area contributed by atoms with E-state index < -0.39 is 0 Å². The van der Waals surface area contributed by atoms with Crippen LogP contribution in [0.5, 0.6) is 0 Å². The molecule has 1 aromatic rings. The first kappa shape index (κ1) is 14.6. The van der Waals surface area contributed by atoms with Crippen LogP contribution in [0.2, 0.25) is 0 Å². The van der Waals surface area contributed by atoms with Crippen molar-refractivity contribution in [2.45, 2.75) is 64.6 Å². The van der Waals surface area contributed by atoms with E-state index in [1.54, 1.807) is 6.26 Å². The molecule has 0 radical (unpaired) electrons. The Morgan fingerprint density at radius 2 is 2.32 bits per heavy atom. The number of rotatable bonds is 6. The molecule has 19 heavy (non-hydrogen) atoms. The molecule has 108 valence electrons. The third kappa shape index (κ3) is 4.36. The van der Waals surface area contributed by atoms with Crippen LogP contribution in [0, 0.1) is 0 Å². The van der Waals surface area contributed by atoms with Crippen molar-refractivity contribution in [1.29, 1.82) is 0 Å². The number of hydrogen-bond donors (Lipinski definition) is 1. The van der Waals surface area contributed by atoms with Crippen molar-refractivity contribution >= 4 is 0 Å². The van der Waals surface area contributed by atoms with Crippen LogP contribution in [0.4, 0.5) is 0 Å². The molecular weight excluding hydrogens is 236 g/mol. The summed E-state index contributed by atoms with van der Waals surface area (Å²) in [5.74, 6) is 1.02. The Labute approximate surface area is 117 Å². The lowest BCUT2D eigenvalue weighted by Gasteiger charge is -2.35. The van der Waals surface area contributed by atoms with Crippen LogP contribution in [-0.4, -0.2) is 30.1 Å². The fourth-order valence-electron chi connectivity index (χ4n) is 3.15. The van der Waals surface area contributed by atoms with Gasteiger partial charge in [-0.25, -0.2) is 0 Å². The molecule has 0 amide bonds. The van der Waals surface area contributed by atoms with Crippen molar-refractivity contribution < 1.29 is 4.42 Å². The molecule has 0 saturated carbocycles. The van der Waals surface area contributed by atoms with Gasteiger partial charge in [-0.2, -0.15) is 0 Å². The SMILES string of the molecule is CCC1CCCCCN1C(C)CNCc1ccco1. The van der Waals surface area contributed by atoms with Gasteiger partial charge in [-0.1, -0.05) is 19.8 Å². The minimum atomic E-state index is 0.609. The highest BCUT2D eigenvalue weighted by molar-refractivity contribution is 4.97. The van der Waals surface area contributed by atoms with Crippen molar-refractivity contribution in [3.05, 3.63) is 24.2 Å². The van der Waals surface area contributed by atoms with Crippen molar-refractivity contribution in [1.82, 2.24) is 10.2 Å². The minimum absolute atomic E-state index is 0.609. The zero-order valence-corrected chi connectivity index (χ0v) is 12.4. The fourth-order valence-corrected chi connectivity index (χ4v) is 3.15. The van der Waals surface area contributed by atoms with Gasteiger partial charge in [-0.05, 0) is 44.9 Å². The first-order valence-electron chi connectivity index (χ1n) is 7.80. The summed E-state index contributed by atoms with van der Waals surface area (Å²) in [4.78, 5) is 2.71. The summed E-state index contributed by atoms with van der Waals surface area (Å²) in [5, 5.41) is 3.51. The summed E-state index contributed by atoms with van der Waals surface area (Å²) in [6, 6.07) is 5.36. The van der Waals surface area contributed by atoms with Gasteiger partial charge in [-0.15, -0.1) is 0 Å². The molecule has 3 nitrogen and oxygen atoms in total. The largest absolute Gasteiger partial charge is 0.468 e. The average Bonchev–Trinajstić information content (AvgIpc) is 2.81. The smallest absolute Gasteiger partial charge is 0.117 e. The number of nitrogens with zero attached hydrogens (tertiary/aromatic N) is 1. The Hall–Kier alpha value is -0.800. The molecule has 2 rings (SSSR count). The van der Waals surface area contributed by atoms with Gasteiger partial charge in [0.1, 0.15) is 5.76 Å². The van der Waals surface area contributed by atoms with E-state index >= 15 is 0 Å². The number of likely N-dealkylation sites (tertiary alicyclic amines) is 1. The van der Waals surface area contributed by atoms with Gasteiger partial charge >= 0.3 is 0 Å². The molecular formula is C16H28N2O. The lowest BCUT2D eigenvalue weighted by Crippen LogP contribution is -2.45. The Morgan fingerprint density at radius 1 is 1.42 bits per heavy atom. The van der Waals surface area contributed by atoms with Crippen LogP contribution in [0.3, 0.4) is 0 Å². The monoisotopic (exact) mass is 264 g/mol. The van der Waals surface area contributed by atoms with Gasteiger partial charge in [0.25, 0.3) is 0 Å². The van der Waals surface area contributed by atoms with Crippen molar-refractivity contribution in [2.75, 3.05) is 13.1 Å². The molecule has 2 atom stereocenters. The lowest BCUT2D eigenvalue weighted by atomic mass is 10.1. The molecule has 1 aromatic heterocycles. The first-order chi connectivity index (χ1) is 9.31. The lowest BCUT2D eigenvalue weighted by molar-refractivity contribution is 0.139. The third-order valence-electron chi connectivity index (χ3n) is 4.28. The number of furan rings is 1. The molecule has 1 aliphatic rings. The Morgan fingerprint density at radius 3 is 3.05 bits per heavy atom. The van der Waals surface area contributed by atoms with E-state index in [2.05, 4.69) is 24.1 Å². The first-order valence-corrected chi connectivity index (χ1v) is 7.80. The summed E-state index contributed by atoms with van der Waals surface area (Å²) in [5.41, 5.74) is 0. The van der Waals surface area contributed by atoms with Crippen molar-refractivity contribution in [3.63, 3.8) is 0 Å². The predicted molar refractivity (Wildman–Crippen MR) is 79.1 cm³/mol. The minimum Gasteiger partial charge on any atom is -0.468 e. The predicted octanol–water partition coefficient (Wildman–Crippen LogP) is 3.41. The number of nitrogens with one attached hydrogen (secondary N) is 1. The molecule has 0 aliphatic carbocycles. The van der Waals surface area contributed by atoms with E-state index in [1.165, 1.54) is 38.6 Å². The van der Waals surface area contributed by atoms with Gasteiger partial charge in [0.2, 0.25) is 0 Å². The normalized spacial score (nSPS) is 23.2. The summed E-state index contributed by atoms with van der Waals surface area (Å²) in [7, 11) is 0. The third-order valence-corrected chi connectivity index (χ3v) is 4.28. The molecule has 1 saturated heterocycles. The zero-order chi connectivity index (χ0) is 13.5. The van der Waals surface area contributed by atoms with E-state index in [1.807, 2.05) is 12.1 Å². The summed E-state index contributed by atoms with van der Waals surface area (Å²) >= 11 is 0. The second-order valence-corrected chi connectivity index (χ2v) is 5.71. The molecule has 1 aliphatic heterocycles. The number of hydrogen-bond acceptors (Lipinski definition) is 3. The van der Waals surface area contributed by atoms with Crippen LogP contribution in [0.15, 0.2) is 22.8 Å². The van der Waals surface area contributed by atoms with Crippen LogP contribution in [0.25, 0.3) is 0 Å². The summed E-state index contributed by atoms with van der Waals surface area (Å²) in [6.45, 7) is 7.82. The van der Waals surface area contributed by atoms with Crippen LogP contribution >= 0.6 is 0 Å². The second-order valence-electron chi connectivity index (χ2n) is 5.71. The molecule has 0 aromatic carbocycles. The molecule has 0 bridgehead atoms. The maximum Gasteiger partial charge on any atom is 0.117 e. The molecule has 2 heterocycles. The van der Waals surface area contributed by atoms with Gasteiger partial charge in [0.15, 0.2) is 0 Å². The molecule has 1 N–H and O–H groups in total. The average molecular weight is 264 g/mol. The molecule has 1 fully saturated rings. The molecule has 3 heteroatoms. The Balaban J connectivity index is 1.78. The van der Waals surface area contributed by atoms with Crippen LogP contribution in [-0.2, 0) is 6.54 Å². The van der Waals surface area contributed by atoms with E-state index in [9.17, 15) is 0 Å². The van der Waals surface area contributed by atoms with Crippen LogP contribution < -0.4 is 5.32 Å². The van der Waals surface area contributed by atoms with Crippen molar-refractivity contribution in [3.8, 4) is 0 Å². The summed E-state index contributed by atoms with van der Waals surface area (Å²) in [6.07, 6.45) is 8.56. The highest BCUT2D eigenvalue weighted by atomic mass is 16.3. The Bertz CT molecular complexity index is 337. The maximum absolute atomic E-state index is 5.35. The highest BCUT2D eigenvalue weighted by Crippen LogP contribution is 2.21. The zero-order valence-electron chi connectivity index (χ0n) is 12.4. The maximum atomic E-state index is 5.35. The van der Waals surface area contributed by atoms with E-state index in [0.29, 0.717) is 6.04 Å². The van der Waals surface area contributed by atoms with E-state index in [0.717, 1.165) is 24.9 Å². The van der Waals surface area contributed by atoms with Crippen molar-refractivity contribution in [2.24, 2.45) is 0 Å². The van der Waals surface area contributed by atoms with Gasteiger partial charge < -0.3 is 9.73 Å². The van der Waals surface area contributed by atoms with Gasteiger partial charge in [0.05, 0.1) is 12.8 Å². The topological polar surface area (TPSA) is 28.4 Å². The molecule has 2 unspecified atom stereocenters. The highest BCUT2D eigenvalue weighted by Gasteiger charge is 2.23. The Kier molecular flexibility index (Phi) is 5.93. The standard InChI is InChI=1S/C16H28N2O/c1-3-15-8-5-4-6-10-18(15)14(2)12-17-13-16-9-7-11-19-16/h7,9,11,14-15,17H,3-6,8,10,12-13H2,1-2H3. The second kappa shape index (κ2) is 7.71. The van der Waals surface area contributed by atoms with E-state index in [-0.39, 0.29) is 0 Å². The van der Waals surface area contributed by atoms with Crippen LogP contribution in [0.1, 0.15) is 51.7 Å². The van der Waals surface area contributed by atoms with E-state index in [4.69, 9.17) is 4.42 Å².